The SMILES string of the molecule is CCC(CC)c1cccc2c1CCN1C(=O)CN=C(n3cnc(C)n3)C=C21. The van der Waals surface area contributed by atoms with Gasteiger partial charge in [0, 0.05) is 18.2 Å². The van der Waals surface area contributed by atoms with Crippen molar-refractivity contribution in [3.63, 3.8) is 0 Å². The summed E-state index contributed by atoms with van der Waals surface area (Å²) in [5.74, 6) is 1.93. The van der Waals surface area contributed by atoms with Gasteiger partial charge in [0.25, 0.3) is 0 Å². The molecular weight excluding hydrogens is 338 g/mol. The van der Waals surface area contributed by atoms with Gasteiger partial charge in [-0.1, -0.05) is 32.0 Å². The van der Waals surface area contributed by atoms with Crippen LogP contribution in [0.15, 0.2) is 35.6 Å². The number of carbonyl (C=O) groups excluding carboxylic acids is 1. The summed E-state index contributed by atoms with van der Waals surface area (Å²) >= 11 is 0. The zero-order chi connectivity index (χ0) is 19.0. The van der Waals surface area contributed by atoms with Crippen molar-refractivity contribution in [2.24, 2.45) is 4.99 Å². The maximum Gasteiger partial charge on any atom is 0.248 e. The Morgan fingerprint density at radius 2 is 2.04 bits per heavy atom. The van der Waals surface area contributed by atoms with Gasteiger partial charge in [-0.25, -0.2) is 9.67 Å². The monoisotopic (exact) mass is 363 g/mol. The third-order valence-electron chi connectivity index (χ3n) is 5.57. The Labute approximate surface area is 159 Å². The normalized spacial score (nSPS) is 16.6. The molecule has 0 saturated heterocycles. The van der Waals surface area contributed by atoms with Crippen molar-refractivity contribution >= 4 is 17.4 Å². The second kappa shape index (κ2) is 7.10. The predicted molar refractivity (Wildman–Crippen MR) is 106 cm³/mol. The maximum absolute atomic E-state index is 12.7. The molecule has 0 bridgehead atoms. The second-order valence-corrected chi connectivity index (χ2v) is 7.12. The van der Waals surface area contributed by atoms with Crippen LogP contribution in [0.25, 0.3) is 5.70 Å². The van der Waals surface area contributed by atoms with Gasteiger partial charge >= 0.3 is 0 Å². The van der Waals surface area contributed by atoms with Crippen LogP contribution in [0.4, 0.5) is 0 Å². The van der Waals surface area contributed by atoms with Crippen molar-refractivity contribution in [3.8, 4) is 0 Å². The lowest BCUT2D eigenvalue weighted by Gasteiger charge is -2.33. The van der Waals surface area contributed by atoms with Crippen molar-refractivity contribution in [2.75, 3.05) is 13.1 Å². The van der Waals surface area contributed by atoms with E-state index in [-0.39, 0.29) is 12.5 Å². The molecule has 27 heavy (non-hydrogen) atoms. The molecule has 2 aliphatic rings. The number of fused-ring (bicyclic) bond motifs is 3. The molecule has 1 amide bonds. The second-order valence-electron chi connectivity index (χ2n) is 7.12. The molecule has 0 aliphatic carbocycles. The molecule has 6 nitrogen and oxygen atoms in total. The molecule has 2 aromatic rings. The van der Waals surface area contributed by atoms with Crippen LogP contribution in [0, 0.1) is 6.92 Å². The summed E-state index contributed by atoms with van der Waals surface area (Å²) in [6.45, 7) is 7.17. The Balaban J connectivity index is 1.84. The van der Waals surface area contributed by atoms with E-state index in [1.165, 1.54) is 11.1 Å². The van der Waals surface area contributed by atoms with Crippen LogP contribution in [0.5, 0.6) is 0 Å². The number of nitrogens with zero attached hydrogens (tertiary/aromatic N) is 5. The lowest BCUT2D eigenvalue weighted by molar-refractivity contribution is -0.126. The molecule has 0 saturated carbocycles. The molecule has 6 heteroatoms. The van der Waals surface area contributed by atoms with Gasteiger partial charge < -0.3 is 4.90 Å². The van der Waals surface area contributed by atoms with Crippen molar-refractivity contribution in [1.82, 2.24) is 19.7 Å². The minimum atomic E-state index is 0.0340. The summed E-state index contributed by atoms with van der Waals surface area (Å²) in [6, 6.07) is 6.49. The highest BCUT2D eigenvalue weighted by Gasteiger charge is 2.30. The number of hydrogen-bond acceptors (Lipinski definition) is 4. The van der Waals surface area contributed by atoms with E-state index in [0.717, 1.165) is 30.5 Å². The fourth-order valence-corrected chi connectivity index (χ4v) is 4.14. The fourth-order valence-electron chi connectivity index (χ4n) is 4.14. The zero-order valence-corrected chi connectivity index (χ0v) is 16.1. The van der Waals surface area contributed by atoms with E-state index in [2.05, 4.69) is 47.1 Å². The van der Waals surface area contributed by atoms with Gasteiger partial charge in [0.05, 0.1) is 5.70 Å². The number of rotatable bonds is 3. The zero-order valence-electron chi connectivity index (χ0n) is 16.1. The summed E-state index contributed by atoms with van der Waals surface area (Å²) in [6.07, 6.45) is 6.77. The smallest absolute Gasteiger partial charge is 0.248 e. The molecule has 0 atom stereocenters. The predicted octanol–water partition coefficient (Wildman–Crippen LogP) is 3.18. The van der Waals surface area contributed by atoms with E-state index >= 15 is 0 Å². The molecule has 140 valence electrons. The molecule has 0 N–H and O–H groups in total. The summed E-state index contributed by atoms with van der Waals surface area (Å²) in [5.41, 5.74) is 4.87. The highest BCUT2D eigenvalue weighted by Crippen LogP contribution is 2.36. The number of hydrogen-bond donors (Lipinski definition) is 0. The van der Waals surface area contributed by atoms with Gasteiger partial charge in [-0.2, -0.15) is 5.10 Å². The Kier molecular flexibility index (Phi) is 4.64. The maximum atomic E-state index is 12.7. The molecule has 3 heterocycles. The summed E-state index contributed by atoms with van der Waals surface area (Å²) in [7, 11) is 0. The number of benzene rings is 1. The fraction of sp³-hybridized carbons (Fsp3) is 0.429. The molecule has 0 spiro atoms. The van der Waals surface area contributed by atoms with Crippen LogP contribution >= 0.6 is 0 Å². The molecule has 0 radical (unpaired) electrons. The van der Waals surface area contributed by atoms with Gasteiger partial charge in [0.15, 0.2) is 5.84 Å². The Bertz CT molecular complexity index is 936. The van der Waals surface area contributed by atoms with Gasteiger partial charge in [-0.15, -0.1) is 0 Å². The van der Waals surface area contributed by atoms with Crippen LogP contribution < -0.4 is 0 Å². The van der Waals surface area contributed by atoms with Crippen molar-refractivity contribution in [2.45, 2.75) is 46.0 Å². The lowest BCUT2D eigenvalue weighted by Crippen LogP contribution is -2.36. The molecule has 1 aromatic heterocycles. The van der Waals surface area contributed by atoms with Gasteiger partial charge in [-0.05, 0) is 43.2 Å². The molecule has 0 fully saturated rings. The van der Waals surface area contributed by atoms with Crippen molar-refractivity contribution < 1.29 is 4.79 Å². The number of aliphatic imine (C=N–C) groups is 1. The Morgan fingerprint density at radius 1 is 1.22 bits per heavy atom. The largest absolute Gasteiger partial charge is 0.310 e. The minimum Gasteiger partial charge on any atom is -0.310 e. The van der Waals surface area contributed by atoms with Crippen LogP contribution in [-0.4, -0.2) is 44.5 Å². The molecule has 1 aromatic carbocycles. The first kappa shape index (κ1) is 17.6. The van der Waals surface area contributed by atoms with Crippen molar-refractivity contribution in [3.05, 3.63) is 53.1 Å². The number of amides is 1. The summed E-state index contributed by atoms with van der Waals surface area (Å²) in [5, 5.41) is 4.37. The number of aryl methyl sites for hydroxylation is 1. The van der Waals surface area contributed by atoms with E-state index < -0.39 is 0 Å². The van der Waals surface area contributed by atoms with Crippen molar-refractivity contribution in [1.29, 1.82) is 0 Å². The molecule has 4 rings (SSSR count). The first-order valence-electron chi connectivity index (χ1n) is 9.69. The first-order valence-corrected chi connectivity index (χ1v) is 9.69. The van der Waals surface area contributed by atoms with E-state index in [4.69, 9.17) is 0 Å². The standard InChI is InChI=1S/C21H25N5O/c1-4-15(5-2)16-7-6-8-18-17(16)9-10-25-19(18)11-20(22-12-21(25)27)26-13-23-14(3)24-26/h6-8,11,13,15H,4-5,9-10,12H2,1-3H3. The van der Waals surface area contributed by atoms with E-state index in [9.17, 15) is 4.79 Å². The van der Waals surface area contributed by atoms with E-state index in [0.29, 0.717) is 24.1 Å². The van der Waals surface area contributed by atoms with Crippen LogP contribution in [0.3, 0.4) is 0 Å². The third kappa shape index (κ3) is 3.09. The molecule has 0 unspecified atom stereocenters. The minimum absolute atomic E-state index is 0.0340. The topological polar surface area (TPSA) is 63.4 Å². The highest BCUT2D eigenvalue weighted by atomic mass is 16.2. The lowest BCUT2D eigenvalue weighted by atomic mass is 9.84. The van der Waals surface area contributed by atoms with Crippen LogP contribution in [-0.2, 0) is 11.2 Å². The van der Waals surface area contributed by atoms with Crippen LogP contribution in [0.2, 0.25) is 0 Å². The average molecular weight is 363 g/mol. The third-order valence-corrected chi connectivity index (χ3v) is 5.57. The van der Waals surface area contributed by atoms with Gasteiger partial charge in [0.1, 0.15) is 18.7 Å². The van der Waals surface area contributed by atoms with Crippen LogP contribution in [0.1, 0.15) is 55.1 Å². The van der Waals surface area contributed by atoms with E-state index in [1.54, 1.807) is 11.0 Å². The Hall–Kier alpha value is -2.76. The van der Waals surface area contributed by atoms with Gasteiger partial charge in [0.2, 0.25) is 5.91 Å². The summed E-state index contributed by atoms with van der Waals surface area (Å²) in [4.78, 5) is 23.3. The van der Waals surface area contributed by atoms with E-state index in [1.807, 2.05) is 17.9 Å². The number of aromatic nitrogens is 3. The molecular formula is C21H25N5O. The number of carbonyl (C=O) groups is 1. The average Bonchev–Trinajstić information content (AvgIpc) is 3.04. The number of allylic oxidation sites excluding steroid dienone is 1. The quantitative estimate of drug-likeness (QED) is 0.841. The highest BCUT2D eigenvalue weighted by molar-refractivity contribution is 6.06. The van der Waals surface area contributed by atoms with Gasteiger partial charge in [-0.3, -0.25) is 9.79 Å². The first-order chi connectivity index (χ1) is 13.1. The Morgan fingerprint density at radius 3 is 2.74 bits per heavy atom. The molecule has 2 aliphatic heterocycles. The summed E-state index contributed by atoms with van der Waals surface area (Å²) < 4.78 is 1.65.